The van der Waals surface area contributed by atoms with Crippen molar-refractivity contribution in [1.82, 2.24) is 4.90 Å². The summed E-state index contributed by atoms with van der Waals surface area (Å²) in [5.41, 5.74) is 1.24. The van der Waals surface area contributed by atoms with Crippen LogP contribution in [0.15, 0.2) is 11.6 Å². The highest BCUT2D eigenvalue weighted by Gasteiger charge is 2.30. The van der Waals surface area contributed by atoms with E-state index in [1.165, 1.54) is 18.4 Å². The molecule has 0 spiro atoms. The Morgan fingerprint density at radius 2 is 2.24 bits per heavy atom. The highest BCUT2D eigenvalue weighted by atomic mass is 16.4. The molecule has 2 aliphatic rings. The highest BCUT2D eigenvalue weighted by molar-refractivity contribution is 5.80. The minimum atomic E-state index is -0.780. The molecule has 1 atom stereocenters. The average molecular weight is 237 g/mol. The van der Waals surface area contributed by atoms with Crippen molar-refractivity contribution in [2.24, 2.45) is 5.92 Å². The number of hydrogen-bond donors (Lipinski definition) is 1. The number of amides is 1. The molecule has 1 aliphatic carbocycles. The molecule has 1 N–H and O–H groups in total. The van der Waals surface area contributed by atoms with Crippen LogP contribution in [-0.4, -0.2) is 35.0 Å². The third kappa shape index (κ3) is 3.08. The first kappa shape index (κ1) is 12.1. The van der Waals surface area contributed by atoms with Gasteiger partial charge in [-0.3, -0.25) is 9.59 Å². The van der Waals surface area contributed by atoms with Gasteiger partial charge in [-0.25, -0.2) is 0 Å². The smallest absolute Gasteiger partial charge is 0.308 e. The Morgan fingerprint density at radius 1 is 1.41 bits per heavy atom. The third-order valence-electron chi connectivity index (χ3n) is 3.65. The lowest BCUT2D eigenvalue weighted by molar-refractivity contribution is -0.141. The highest BCUT2D eigenvalue weighted by Crippen LogP contribution is 2.23. The van der Waals surface area contributed by atoms with Crippen LogP contribution in [0.4, 0.5) is 0 Å². The van der Waals surface area contributed by atoms with Gasteiger partial charge in [0.25, 0.3) is 0 Å². The van der Waals surface area contributed by atoms with E-state index in [1.807, 2.05) is 0 Å². The van der Waals surface area contributed by atoms with Crippen LogP contribution in [0.5, 0.6) is 0 Å². The second kappa shape index (κ2) is 5.34. The monoisotopic (exact) mass is 237 g/mol. The zero-order chi connectivity index (χ0) is 12.3. The van der Waals surface area contributed by atoms with E-state index in [4.69, 9.17) is 5.11 Å². The minimum Gasteiger partial charge on any atom is -0.481 e. The molecule has 0 aromatic heterocycles. The number of hydrogen-bond acceptors (Lipinski definition) is 2. The van der Waals surface area contributed by atoms with Gasteiger partial charge in [-0.1, -0.05) is 11.6 Å². The van der Waals surface area contributed by atoms with Gasteiger partial charge in [-0.2, -0.15) is 0 Å². The summed E-state index contributed by atoms with van der Waals surface area (Å²) in [7, 11) is 0. The van der Waals surface area contributed by atoms with Gasteiger partial charge in [0, 0.05) is 19.5 Å². The Bertz CT molecular complexity index is 349. The van der Waals surface area contributed by atoms with Crippen molar-refractivity contribution in [1.29, 1.82) is 0 Å². The second-order valence-corrected chi connectivity index (χ2v) is 4.95. The summed E-state index contributed by atoms with van der Waals surface area (Å²) >= 11 is 0. The average Bonchev–Trinajstić information content (AvgIpc) is 2.79. The molecule has 0 radical (unpaired) electrons. The Morgan fingerprint density at radius 3 is 2.82 bits per heavy atom. The van der Waals surface area contributed by atoms with E-state index in [-0.39, 0.29) is 11.8 Å². The first-order valence-corrected chi connectivity index (χ1v) is 6.35. The predicted octanol–water partition coefficient (Wildman–Crippen LogP) is 1.81. The zero-order valence-corrected chi connectivity index (χ0v) is 10.0. The summed E-state index contributed by atoms with van der Waals surface area (Å²) in [6.45, 7) is 0.991. The molecule has 0 aromatic carbocycles. The number of carbonyl (C=O) groups is 2. The number of allylic oxidation sites excluding steroid dienone is 1. The standard InChI is InChI=1S/C13H19NO3/c15-12(8-10-4-2-1-3-5-10)14-7-6-11(9-14)13(16)17/h4,11H,1-3,5-9H2,(H,16,17). The van der Waals surface area contributed by atoms with Gasteiger partial charge in [0.2, 0.25) is 5.91 Å². The van der Waals surface area contributed by atoms with Gasteiger partial charge in [0.05, 0.1) is 5.92 Å². The van der Waals surface area contributed by atoms with Gasteiger partial charge < -0.3 is 10.0 Å². The molecule has 94 valence electrons. The van der Waals surface area contributed by atoms with Gasteiger partial charge in [0.15, 0.2) is 0 Å². The largest absolute Gasteiger partial charge is 0.481 e. The zero-order valence-electron chi connectivity index (χ0n) is 10.0. The van der Waals surface area contributed by atoms with E-state index in [0.29, 0.717) is 25.9 Å². The van der Waals surface area contributed by atoms with Gasteiger partial charge in [-0.15, -0.1) is 0 Å². The summed E-state index contributed by atoms with van der Waals surface area (Å²) in [5.74, 6) is -1.04. The van der Waals surface area contributed by atoms with Crippen molar-refractivity contribution in [2.45, 2.75) is 38.5 Å². The van der Waals surface area contributed by atoms with Gasteiger partial charge in [0.1, 0.15) is 0 Å². The SMILES string of the molecule is O=C(O)C1CCN(C(=O)CC2=CCCCC2)C1. The summed E-state index contributed by atoms with van der Waals surface area (Å²) < 4.78 is 0. The van der Waals surface area contributed by atoms with Crippen LogP contribution >= 0.6 is 0 Å². The number of carboxylic acid groups (broad SMARTS) is 1. The predicted molar refractivity (Wildman–Crippen MR) is 63.5 cm³/mol. The molecule has 4 nitrogen and oxygen atoms in total. The summed E-state index contributed by atoms with van der Waals surface area (Å²) in [5, 5.41) is 8.88. The Balaban J connectivity index is 1.84. The molecule has 2 rings (SSSR count). The van der Waals surface area contributed by atoms with E-state index in [2.05, 4.69) is 6.08 Å². The van der Waals surface area contributed by atoms with Crippen LogP contribution < -0.4 is 0 Å². The van der Waals surface area contributed by atoms with Crippen molar-refractivity contribution in [2.75, 3.05) is 13.1 Å². The Labute approximate surface area is 101 Å². The number of carbonyl (C=O) groups excluding carboxylic acids is 1. The van der Waals surface area contributed by atoms with E-state index in [1.54, 1.807) is 4.90 Å². The van der Waals surface area contributed by atoms with Crippen LogP contribution in [0.1, 0.15) is 38.5 Å². The summed E-state index contributed by atoms with van der Waals surface area (Å²) in [4.78, 5) is 24.5. The lowest BCUT2D eigenvalue weighted by Gasteiger charge is -2.18. The van der Waals surface area contributed by atoms with Crippen molar-refractivity contribution in [3.63, 3.8) is 0 Å². The lowest BCUT2D eigenvalue weighted by Crippen LogP contribution is -2.30. The molecular weight excluding hydrogens is 218 g/mol. The van der Waals surface area contributed by atoms with Crippen LogP contribution in [0.2, 0.25) is 0 Å². The Kier molecular flexibility index (Phi) is 3.82. The number of likely N-dealkylation sites (tertiary alicyclic amines) is 1. The summed E-state index contributed by atoms with van der Waals surface area (Å²) in [6.07, 6.45) is 7.78. The van der Waals surface area contributed by atoms with E-state index in [0.717, 1.165) is 12.8 Å². The quantitative estimate of drug-likeness (QED) is 0.761. The van der Waals surface area contributed by atoms with Gasteiger partial charge in [-0.05, 0) is 32.1 Å². The van der Waals surface area contributed by atoms with Gasteiger partial charge >= 0.3 is 5.97 Å². The van der Waals surface area contributed by atoms with Crippen LogP contribution in [-0.2, 0) is 9.59 Å². The molecular formula is C13H19NO3. The molecule has 0 saturated carbocycles. The van der Waals surface area contributed by atoms with Crippen molar-refractivity contribution in [3.8, 4) is 0 Å². The lowest BCUT2D eigenvalue weighted by atomic mass is 9.97. The fourth-order valence-electron chi connectivity index (χ4n) is 2.56. The van der Waals surface area contributed by atoms with E-state index < -0.39 is 5.97 Å². The molecule has 1 unspecified atom stereocenters. The number of carboxylic acids is 1. The number of nitrogens with zero attached hydrogens (tertiary/aromatic N) is 1. The maximum Gasteiger partial charge on any atom is 0.308 e. The molecule has 1 saturated heterocycles. The van der Waals surface area contributed by atoms with E-state index in [9.17, 15) is 9.59 Å². The molecule has 4 heteroatoms. The van der Waals surface area contributed by atoms with Crippen LogP contribution in [0.25, 0.3) is 0 Å². The van der Waals surface area contributed by atoms with Crippen molar-refractivity contribution < 1.29 is 14.7 Å². The van der Waals surface area contributed by atoms with Crippen molar-refractivity contribution in [3.05, 3.63) is 11.6 Å². The molecule has 1 heterocycles. The topological polar surface area (TPSA) is 57.6 Å². The number of rotatable bonds is 3. The molecule has 0 bridgehead atoms. The number of aliphatic carboxylic acids is 1. The second-order valence-electron chi connectivity index (χ2n) is 4.95. The molecule has 1 amide bonds. The molecule has 1 aliphatic heterocycles. The van der Waals surface area contributed by atoms with Crippen LogP contribution in [0, 0.1) is 5.92 Å². The maximum absolute atomic E-state index is 12.0. The fourth-order valence-corrected chi connectivity index (χ4v) is 2.56. The summed E-state index contributed by atoms with van der Waals surface area (Å²) in [6, 6.07) is 0. The van der Waals surface area contributed by atoms with E-state index >= 15 is 0 Å². The maximum atomic E-state index is 12.0. The third-order valence-corrected chi connectivity index (χ3v) is 3.65. The molecule has 1 fully saturated rings. The van der Waals surface area contributed by atoms with Crippen molar-refractivity contribution >= 4 is 11.9 Å². The van der Waals surface area contributed by atoms with Crippen LogP contribution in [0.3, 0.4) is 0 Å². The first-order chi connectivity index (χ1) is 8.16. The minimum absolute atomic E-state index is 0.0990. The fraction of sp³-hybridized carbons (Fsp3) is 0.692. The first-order valence-electron chi connectivity index (χ1n) is 6.35. The Hall–Kier alpha value is -1.32. The normalized spacial score (nSPS) is 24.6. The molecule has 17 heavy (non-hydrogen) atoms. The molecule has 0 aromatic rings.